The minimum Gasteiger partial charge on any atom is -0.465 e. The van der Waals surface area contributed by atoms with E-state index in [1.54, 1.807) is 0 Å². The van der Waals surface area contributed by atoms with Gasteiger partial charge in [0.2, 0.25) is 0 Å². The van der Waals surface area contributed by atoms with Gasteiger partial charge in [-0.1, -0.05) is 0 Å². The van der Waals surface area contributed by atoms with E-state index in [0.29, 0.717) is 0 Å². The van der Waals surface area contributed by atoms with Gasteiger partial charge in [0.15, 0.2) is 0 Å². The summed E-state index contributed by atoms with van der Waals surface area (Å²) in [5.41, 5.74) is 0. The first-order valence-electron chi connectivity index (χ1n) is 2.95. The average molecular weight is 162 g/mol. The predicted octanol–water partition coefficient (Wildman–Crippen LogP) is -0.136. The SMILES string of the molecule is CN(CCNC(=O)O)C(=O)O. The number of rotatable bonds is 3. The van der Waals surface area contributed by atoms with Crippen LogP contribution in [0.25, 0.3) is 0 Å². The molecule has 0 unspecified atom stereocenters. The van der Waals surface area contributed by atoms with E-state index in [1.807, 2.05) is 5.32 Å². The summed E-state index contributed by atoms with van der Waals surface area (Å²) in [6.07, 6.45) is -2.22. The van der Waals surface area contributed by atoms with E-state index in [1.165, 1.54) is 7.05 Å². The Morgan fingerprint density at radius 3 is 2.36 bits per heavy atom. The van der Waals surface area contributed by atoms with Gasteiger partial charge in [-0.2, -0.15) is 0 Å². The summed E-state index contributed by atoms with van der Waals surface area (Å²) >= 11 is 0. The second-order valence-electron chi connectivity index (χ2n) is 1.94. The highest BCUT2D eigenvalue weighted by molar-refractivity contribution is 5.65. The Labute approximate surface area is 63.4 Å². The lowest BCUT2D eigenvalue weighted by Gasteiger charge is -2.11. The lowest BCUT2D eigenvalue weighted by atomic mass is 10.6. The van der Waals surface area contributed by atoms with E-state index >= 15 is 0 Å². The Morgan fingerprint density at radius 1 is 1.45 bits per heavy atom. The molecular weight excluding hydrogens is 152 g/mol. The van der Waals surface area contributed by atoms with Gasteiger partial charge in [0.1, 0.15) is 0 Å². The molecule has 0 heterocycles. The topological polar surface area (TPSA) is 89.9 Å². The highest BCUT2D eigenvalue weighted by Gasteiger charge is 2.03. The first-order chi connectivity index (χ1) is 5.04. The number of hydrogen-bond acceptors (Lipinski definition) is 2. The Morgan fingerprint density at radius 2 is 2.00 bits per heavy atom. The second kappa shape index (κ2) is 4.37. The summed E-state index contributed by atoms with van der Waals surface area (Å²) in [5, 5.41) is 18.4. The van der Waals surface area contributed by atoms with Crippen LogP contribution in [0.3, 0.4) is 0 Å². The highest BCUT2D eigenvalue weighted by atomic mass is 16.4. The number of carbonyl (C=O) groups is 2. The minimum absolute atomic E-state index is 0.109. The van der Waals surface area contributed by atoms with Crippen molar-refractivity contribution in [3.8, 4) is 0 Å². The van der Waals surface area contributed by atoms with Gasteiger partial charge < -0.3 is 20.4 Å². The van der Waals surface area contributed by atoms with Crippen LogP contribution in [0, 0.1) is 0 Å². The molecule has 0 spiro atoms. The van der Waals surface area contributed by atoms with Crippen LogP contribution in [-0.2, 0) is 0 Å². The van der Waals surface area contributed by atoms with E-state index in [-0.39, 0.29) is 13.1 Å². The summed E-state index contributed by atoms with van der Waals surface area (Å²) in [4.78, 5) is 21.0. The molecule has 0 fully saturated rings. The fourth-order valence-electron chi connectivity index (χ4n) is 0.426. The number of amides is 2. The molecule has 0 aliphatic rings. The van der Waals surface area contributed by atoms with Crippen molar-refractivity contribution >= 4 is 12.2 Å². The van der Waals surface area contributed by atoms with Crippen molar-refractivity contribution in [3.63, 3.8) is 0 Å². The fraction of sp³-hybridized carbons (Fsp3) is 0.600. The lowest BCUT2D eigenvalue weighted by Crippen LogP contribution is -2.34. The van der Waals surface area contributed by atoms with Gasteiger partial charge >= 0.3 is 12.2 Å². The molecule has 0 saturated heterocycles. The van der Waals surface area contributed by atoms with Crippen LogP contribution >= 0.6 is 0 Å². The van der Waals surface area contributed by atoms with Gasteiger partial charge in [-0.15, -0.1) is 0 Å². The zero-order valence-corrected chi connectivity index (χ0v) is 6.07. The average Bonchev–Trinajstić information content (AvgIpc) is 1.86. The van der Waals surface area contributed by atoms with Crippen molar-refractivity contribution in [2.45, 2.75) is 0 Å². The Hall–Kier alpha value is -1.46. The Kier molecular flexibility index (Phi) is 3.79. The number of likely N-dealkylation sites (N-methyl/N-ethyl adjacent to an activating group) is 1. The Bertz CT molecular complexity index is 159. The molecular formula is C5H10N2O4. The van der Waals surface area contributed by atoms with Crippen molar-refractivity contribution in [1.29, 1.82) is 0 Å². The zero-order chi connectivity index (χ0) is 8.85. The van der Waals surface area contributed by atoms with E-state index < -0.39 is 12.2 Å². The predicted molar refractivity (Wildman–Crippen MR) is 36.7 cm³/mol. The second-order valence-corrected chi connectivity index (χ2v) is 1.94. The van der Waals surface area contributed by atoms with Gasteiger partial charge in [-0.05, 0) is 0 Å². The molecule has 0 aromatic heterocycles. The molecule has 0 saturated carbocycles. The molecule has 0 bridgehead atoms. The lowest BCUT2D eigenvalue weighted by molar-refractivity contribution is 0.154. The quantitative estimate of drug-likeness (QED) is 0.539. The van der Waals surface area contributed by atoms with E-state index in [0.717, 1.165) is 4.90 Å². The van der Waals surface area contributed by atoms with Crippen LogP contribution < -0.4 is 5.32 Å². The molecule has 0 aromatic carbocycles. The monoisotopic (exact) mass is 162 g/mol. The fourth-order valence-corrected chi connectivity index (χ4v) is 0.426. The summed E-state index contributed by atoms with van der Waals surface area (Å²) < 4.78 is 0. The molecule has 11 heavy (non-hydrogen) atoms. The normalized spacial score (nSPS) is 8.82. The maximum Gasteiger partial charge on any atom is 0.407 e. The number of nitrogens with one attached hydrogen (secondary N) is 1. The van der Waals surface area contributed by atoms with Crippen LogP contribution in [0.5, 0.6) is 0 Å². The molecule has 64 valence electrons. The van der Waals surface area contributed by atoms with E-state index in [4.69, 9.17) is 10.2 Å². The smallest absolute Gasteiger partial charge is 0.407 e. The molecule has 0 aliphatic carbocycles. The van der Waals surface area contributed by atoms with Gasteiger partial charge in [-0.3, -0.25) is 0 Å². The largest absolute Gasteiger partial charge is 0.465 e. The summed E-state index contributed by atoms with van der Waals surface area (Å²) in [6.45, 7) is 0.264. The molecule has 2 amide bonds. The van der Waals surface area contributed by atoms with Crippen molar-refractivity contribution in [2.24, 2.45) is 0 Å². The molecule has 0 aliphatic heterocycles. The van der Waals surface area contributed by atoms with Crippen molar-refractivity contribution in [3.05, 3.63) is 0 Å². The molecule has 0 radical (unpaired) electrons. The standard InChI is InChI=1S/C5H10N2O4/c1-7(5(10)11)3-2-6-4(8)9/h6H,2-3H2,1H3,(H,8,9)(H,10,11). The van der Waals surface area contributed by atoms with Gasteiger partial charge in [-0.25, -0.2) is 9.59 Å². The molecule has 0 aromatic rings. The summed E-state index contributed by atoms with van der Waals surface area (Å²) in [6, 6.07) is 0. The maximum atomic E-state index is 10.1. The van der Waals surface area contributed by atoms with Crippen molar-refractivity contribution in [2.75, 3.05) is 20.1 Å². The number of hydrogen-bond donors (Lipinski definition) is 3. The highest BCUT2D eigenvalue weighted by Crippen LogP contribution is 1.80. The summed E-state index contributed by atoms with van der Waals surface area (Å²) in [7, 11) is 1.37. The molecule has 6 nitrogen and oxygen atoms in total. The van der Waals surface area contributed by atoms with Crippen LogP contribution in [-0.4, -0.2) is 47.4 Å². The summed E-state index contributed by atoms with van der Waals surface area (Å²) in [5.74, 6) is 0. The van der Waals surface area contributed by atoms with Crippen molar-refractivity contribution in [1.82, 2.24) is 10.2 Å². The molecule has 3 N–H and O–H groups in total. The van der Waals surface area contributed by atoms with Gasteiger partial charge in [0, 0.05) is 20.1 Å². The van der Waals surface area contributed by atoms with E-state index in [9.17, 15) is 9.59 Å². The molecule has 6 heteroatoms. The van der Waals surface area contributed by atoms with Crippen molar-refractivity contribution < 1.29 is 19.8 Å². The number of nitrogens with zero attached hydrogens (tertiary/aromatic N) is 1. The first-order valence-corrected chi connectivity index (χ1v) is 2.95. The third kappa shape index (κ3) is 5.01. The Balaban J connectivity index is 3.39. The third-order valence-corrected chi connectivity index (χ3v) is 1.05. The van der Waals surface area contributed by atoms with Crippen LogP contribution in [0.4, 0.5) is 9.59 Å². The first kappa shape index (κ1) is 9.54. The number of carboxylic acid groups (broad SMARTS) is 2. The zero-order valence-electron chi connectivity index (χ0n) is 6.07. The van der Waals surface area contributed by atoms with Crippen LogP contribution in [0.2, 0.25) is 0 Å². The van der Waals surface area contributed by atoms with Crippen LogP contribution in [0.15, 0.2) is 0 Å². The maximum absolute atomic E-state index is 10.1. The van der Waals surface area contributed by atoms with Crippen LogP contribution in [0.1, 0.15) is 0 Å². The minimum atomic E-state index is -1.15. The third-order valence-electron chi connectivity index (χ3n) is 1.05. The molecule has 0 rings (SSSR count). The van der Waals surface area contributed by atoms with Gasteiger partial charge in [0.05, 0.1) is 0 Å². The molecule has 0 atom stereocenters. The van der Waals surface area contributed by atoms with E-state index in [2.05, 4.69) is 0 Å². The van der Waals surface area contributed by atoms with Gasteiger partial charge in [0.25, 0.3) is 0 Å².